The number of hydrogen-bond acceptors (Lipinski definition) is 2. The van der Waals surface area contributed by atoms with Gasteiger partial charge in [-0.05, 0) is 43.4 Å². The lowest BCUT2D eigenvalue weighted by molar-refractivity contribution is -0.143. The molecule has 19 heavy (non-hydrogen) atoms. The van der Waals surface area contributed by atoms with Crippen molar-refractivity contribution in [2.75, 3.05) is 18.4 Å². The van der Waals surface area contributed by atoms with Crippen LogP contribution in [0.2, 0.25) is 0 Å². The Morgan fingerprint density at radius 2 is 1.74 bits per heavy atom. The topological polar surface area (TPSA) is 49.4 Å². The second-order valence-electron chi connectivity index (χ2n) is 4.86. The molecule has 0 aliphatic carbocycles. The first-order valence-electron chi connectivity index (χ1n) is 6.90. The first-order valence-corrected chi connectivity index (χ1v) is 6.90. The molecule has 1 fully saturated rings. The standard InChI is InChI=1S/C15H20N2O2/c1-2-12-6-8-13(9-7-12)16-14(18)15(19)17-10-4-3-5-11-17/h6-9H,2-5,10-11H2,1H3,(H,16,18). The molecule has 0 spiro atoms. The van der Waals surface area contributed by atoms with E-state index in [1.165, 1.54) is 5.56 Å². The van der Waals surface area contributed by atoms with Crippen molar-refractivity contribution in [1.29, 1.82) is 0 Å². The molecule has 1 aliphatic heterocycles. The van der Waals surface area contributed by atoms with Crippen LogP contribution in [0, 0.1) is 0 Å². The minimum atomic E-state index is -0.536. The molecule has 1 aromatic rings. The van der Waals surface area contributed by atoms with E-state index in [1.54, 1.807) is 4.90 Å². The van der Waals surface area contributed by atoms with Crippen LogP contribution in [0.1, 0.15) is 31.7 Å². The maximum Gasteiger partial charge on any atom is 0.313 e. The monoisotopic (exact) mass is 260 g/mol. The van der Waals surface area contributed by atoms with E-state index in [4.69, 9.17) is 0 Å². The minimum absolute atomic E-state index is 0.417. The van der Waals surface area contributed by atoms with Gasteiger partial charge in [0.05, 0.1) is 0 Å². The number of likely N-dealkylation sites (tertiary alicyclic amines) is 1. The molecule has 1 N–H and O–H groups in total. The highest BCUT2D eigenvalue weighted by Gasteiger charge is 2.23. The minimum Gasteiger partial charge on any atom is -0.334 e. The molecule has 1 aliphatic rings. The molecule has 2 amide bonds. The Bertz CT molecular complexity index is 448. The van der Waals surface area contributed by atoms with Crippen LogP contribution in [0.25, 0.3) is 0 Å². The van der Waals surface area contributed by atoms with Gasteiger partial charge < -0.3 is 10.2 Å². The maximum atomic E-state index is 11.9. The Hall–Kier alpha value is -1.84. The van der Waals surface area contributed by atoms with Crippen LogP contribution < -0.4 is 5.32 Å². The lowest BCUT2D eigenvalue weighted by Crippen LogP contribution is -2.42. The Labute approximate surface area is 113 Å². The van der Waals surface area contributed by atoms with Crippen LogP contribution in [-0.4, -0.2) is 29.8 Å². The molecular weight excluding hydrogens is 240 g/mol. The predicted octanol–water partition coefficient (Wildman–Crippen LogP) is 2.20. The van der Waals surface area contributed by atoms with Crippen LogP contribution in [0.3, 0.4) is 0 Å². The number of benzene rings is 1. The smallest absolute Gasteiger partial charge is 0.313 e. The summed E-state index contributed by atoms with van der Waals surface area (Å²) in [6.07, 6.45) is 4.08. The molecule has 4 nitrogen and oxygen atoms in total. The predicted molar refractivity (Wildman–Crippen MR) is 74.9 cm³/mol. The molecule has 0 aromatic heterocycles. The van der Waals surface area contributed by atoms with Crippen molar-refractivity contribution < 1.29 is 9.59 Å². The molecule has 0 unspecified atom stereocenters. The van der Waals surface area contributed by atoms with E-state index in [0.717, 1.165) is 25.7 Å². The van der Waals surface area contributed by atoms with E-state index < -0.39 is 11.8 Å². The molecule has 1 saturated heterocycles. The van der Waals surface area contributed by atoms with Crippen LogP contribution in [-0.2, 0) is 16.0 Å². The number of carbonyl (C=O) groups is 2. The zero-order chi connectivity index (χ0) is 13.7. The number of rotatable bonds is 2. The summed E-state index contributed by atoms with van der Waals surface area (Å²) in [5, 5.41) is 2.66. The molecule has 2 rings (SSSR count). The Morgan fingerprint density at radius 1 is 1.11 bits per heavy atom. The maximum absolute atomic E-state index is 11.9. The van der Waals surface area contributed by atoms with Gasteiger partial charge in [0, 0.05) is 18.8 Å². The highest BCUT2D eigenvalue weighted by molar-refractivity contribution is 6.39. The van der Waals surface area contributed by atoms with Gasteiger partial charge in [0.15, 0.2) is 0 Å². The number of aryl methyl sites for hydroxylation is 1. The molecular formula is C15H20N2O2. The van der Waals surface area contributed by atoms with Crippen LogP contribution >= 0.6 is 0 Å². The van der Waals surface area contributed by atoms with Crippen molar-refractivity contribution >= 4 is 17.5 Å². The van der Waals surface area contributed by atoms with Crippen molar-refractivity contribution in [3.05, 3.63) is 29.8 Å². The summed E-state index contributed by atoms with van der Waals surface area (Å²) in [5.41, 5.74) is 1.88. The number of nitrogens with zero attached hydrogens (tertiary/aromatic N) is 1. The van der Waals surface area contributed by atoms with Gasteiger partial charge in [-0.3, -0.25) is 9.59 Å². The lowest BCUT2D eigenvalue weighted by Gasteiger charge is -2.25. The largest absolute Gasteiger partial charge is 0.334 e. The number of carbonyl (C=O) groups excluding carboxylic acids is 2. The van der Waals surface area contributed by atoms with E-state index in [2.05, 4.69) is 12.2 Å². The summed E-state index contributed by atoms with van der Waals surface area (Å²) in [6.45, 7) is 3.47. The highest BCUT2D eigenvalue weighted by atomic mass is 16.2. The summed E-state index contributed by atoms with van der Waals surface area (Å²) in [6, 6.07) is 7.59. The summed E-state index contributed by atoms with van der Waals surface area (Å²) in [5.74, 6) is -0.953. The third-order valence-electron chi connectivity index (χ3n) is 3.46. The Kier molecular flexibility index (Phi) is 4.55. The van der Waals surface area contributed by atoms with Gasteiger partial charge in [0.1, 0.15) is 0 Å². The quantitative estimate of drug-likeness (QED) is 0.829. The number of hydrogen-bond donors (Lipinski definition) is 1. The van der Waals surface area contributed by atoms with E-state index in [9.17, 15) is 9.59 Å². The lowest BCUT2D eigenvalue weighted by atomic mass is 10.1. The second kappa shape index (κ2) is 6.36. The molecule has 102 valence electrons. The first-order chi connectivity index (χ1) is 9.20. The van der Waals surface area contributed by atoms with E-state index >= 15 is 0 Å². The van der Waals surface area contributed by atoms with Crippen LogP contribution in [0.15, 0.2) is 24.3 Å². The molecule has 0 atom stereocenters. The van der Waals surface area contributed by atoms with Gasteiger partial charge in [0.25, 0.3) is 0 Å². The van der Waals surface area contributed by atoms with Crippen molar-refractivity contribution in [1.82, 2.24) is 4.90 Å². The average molecular weight is 260 g/mol. The fraction of sp³-hybridized carbons (Fsp3) is 0.467. The van der Waals surface area contributed by atoms with Gasteiger partial charge >= 0.3 is 11.8 Å². The van der Waals surface area contributed by atoms with E-state index in [1.807, 2.05) is 24.3 Å². The highest BCUT2D eigenvalue weighted by Crippen LogP contribution is 2.12. The number of piperidine rings is 1. The van der Waals surface area contributed by atoms with Gasteiger partial charge in [-0.15, -0.1) is 0 Å². The molecule has 1 aromatic carbocycles. The Balaban J connectivity index is 1.93. The van der Waals surface area contributed by atoms with Gasteiger partial charge in [-0.2, -0.15) is 0 Å². The SMILES string of the molecule is CCc1ccc(NC(=O)C(=O)N2CCCCC2)cc1. The second-order valence-corrected chi connectivity index (χ2v) is 4.86. The van der Waals surface area contributed by atoms with Crippen LogP contribution in [0.4, 0.5) is 5.69 Å². The van der Waals surface area contributed by atoms with Gasteiger partial charge in [-0.25, -0.2) is 0 Å². The number of amides is 2. The molecule has 0 bridgehead atoms. The van der Waals surface area contributed by atoms with E-state index in [-0.39, 0.29) is 0 Å². The number of nitrogens with one attached hydrogen (secondary N) is 1. The third-order valence-corrected chi connectivity index (χ3v) is 3.46. The zero-order valence-corrected chi connectivity index (χ0v) is 11.3. The summed E-state index contributed by atoms with van der Waals surface area (Å²) in [4.78, 5) is 25.4. The van der Waals surface area contributed by atoms with Gasteiger partial charge in [0.2, 0.25) is 0 Å². The third kappa shape index (κ3) is 3.56. The fourth-order valence-electron chi connectivity index (χ4n) is 2.25. The van der Waals surface area contributed by atoms with E-state index in [0.29, 0.717) is 18.8 Å². The summed E-state index contributed by atoms with van der Waals surface area (Å²) in [7, 11) is 0. The molecule has 1 heterocycles. The van der Waals surface area contributed by atoms with Crippen molar-refractivity contribution in [3.63, 3.8) is 0 Å². The zero-order valence-electron chi connectivity index (χ0n) is 11.3. The number of anilines is 1. The summed E-state index contributed by atoms with van der Waals surface area (Å²) < 4.78 is 0. The molecule has 4 heteroatoms. The van der Waals surface area contributed by atoms with Crippen LogP contribution in [0.5, 0.6) is 0 Å². The fourth-order valence-corrected chi connectivity index (χ4v) is 2.25. The first kappa shape index (κ1) is 13.6. The Morgan fingerprint density at radius 3 is 2.32 bits per heavy atom. The van der Waals surface area contributed by atoms with Gasteiger partial charge in [-0.1, -0.05) is 19.1 Å². The normalized spacial score (nSPS) is 15.1. The summed E-state index contributed by atoms with van der Waals surface area (Å²) >= 11 is 0. The molecule has 0 saturated carbocycles. The van der Waals surface area contributed by atoms with Crippen molar-refractivity contribution in [2.45, 2.75) is 32.6 Å². The average Bonchev–Trinajstić information content (AvgIpc) is 2.48. The van der Waals surface area contributed by atoms with Crippen molar-refractivity contribution in [3.8, 4) is 0 Å². The van der Waals surface area contributed by atoms with Crippen molar-refractivity contribution in [2.24, 2.45) is 0 Å². The molecule has 0 radical (unpaired) electrons.